The number of ketones is 1. The van der Waals surface area contributed by atoms with Crippen molar-refractivity contribution in [3.8, 4) is 11.1 Å². The number of carboxylic acid groups (broad SMARTS) is 1. The van der Waals surface area contributed by atoms with Gasteiger partial charge < -0.3 is 28.9 Å². The number of carbonyl (C=O) groups is 3. The predicted octanol–water partition coefficient (Wildman–Crippen LogP) is 1.54. The van der Waals surface area contributed by atoms with Crippen LogP contribution >= 0.6 is 0 Å². The van der Waals surface area contributed by atoms with Gasteiger partial charge >= 0.3 is 0 Å². The Morgan fingerprint density at radius 2 is 1.65 bits per heavy atom. The maximum atomic E-state index is 13.5. The lowest BCUT2D eigenvalue weighted by atomic mass is 9.82. The molecule has 5 heterocycles. The first-order chi connectivity index (χ1) is 19.2. The number of aliphatic hydroxyl groups is 1. The highest BCUT2D eigenvalue weighted by molar-refractivity contribution is 6.22. The van der Waals surface area contributed by atoms with E-state index in [0.29, 0.717) is 28.7 Å². The number of benzene rings is 2. The summed E-state index contributed by atoms with van der Waals surface area (Å²) >= 11 is 0. The molecular weight excluding hydrogens is 506 g/mol. The van der Waals surface area contributed by atoms with E-state index in [1.54, 1.807) is 13.0 Å². The highest BCUT2D eigenvalue weighted by atomic mass is 16.4. The average molecular weight is 543 g/mol. The number of quaternary nitrogens is 2. The fourth-order valence-electron chi connectivity index (χ4n) is 8.30. The first-order valence-electron chi connectivity index (χ1n) is 14.6. The van der Waals surface area contributed by atoms with Crippen LogP contribution in [-0.2, 0) is 16.1 Å². The number of hydrogen-bond acceptors (Lipinski definition) is 5. The Balaban J connectivity index is 1.17. The number of rotatable bonds is 7. The van der Waals surface area contributed by atoms with Crippen LogP contribution in [0, 0.1) is 5.92 Å². The highest BCUT2D eigenvalue weighted by Gasteiger charge is 2.55. The molecule has 0 aromatic heterocycles. The Morgan fingerprint density at radius 3 is 2.30 bits per heavy atom. The van der Waals surface area contributed by atoms with E-state index in [0.717, 1.165) is 22.2 Å². The van der Waals surface area contributed by atoms with Gasteiger partial charge in [0.25, 0.3) is 0 Å². The van der Waals surface area contributed by atoms with E-state index in [2.05, 4.69) is 19.1 Å². The molecule has 5 aliphatic heterocycles. The van der Waals surface area contributed by atoms with Crippen molar-refractivity contribution in [2.45, 2.75) is 45.4 Å². The summed E-state index contributed by atoms with van der Waals surface area (Å²) in [6.07, 6.45) is 0.692. The van der Waals surface area contributed by atoms with Crippen LogP contribution in [0.3, 0.4) is 0 Å². The topological polar surface area (TPSA) is 97.7 Å². The van der Waals surface area contributed by atoms with Gasteiger partial charge in [0.15, 0.2) is 5.78 Å². The molecule has 1 amide bonds. The van der Waals surface area contributed by atoms with Gasteiger partial charge in [0.2, 0.25) is 5.91 Å². The van der Waals surface area contributed by atoms with Crippen molar-refractivity contribution in [1.29, 1.82) is 0 Å². The van der Waals surface area contributed by atoms with Crippen LogP contribution in [-0.4, -0.2) is 94.6 Å². The zero-order valence-corrected chi connectivity index (χ0v) is 23.2. The Kier molecular flexibility index (Phi) is 5.66. The van der Waals surface area contributed by atoms with Crippen LogP contribution in [0.2, 0.25) is 0 Å². The number of amides is 1. The zero-order valence-electron chi connectivity index (χ0n) is 23.2. The van der Waals surface area contributed by atoms with Crippen LogP contribution in [0.1, 0.15) is 53.7 Å². The van der Waals surface area contributed by atoms with Gasteiger partial charge in [-0.05, 0) is 60.2 Å². The molecule has 0 radical (unpaired) electrons. The second-order valence-electron chi connectivity index (χ2n) is 12.7. The van der Waals surface area contributed by atoms with E-state index < -0.39 is 29.9 Å². The van der Waals surface area contributed by atoms with E-state index in [4.69, 9.17) is 0 Å². The molecule has 0 unspecified atom stereocenters. The largest absolute Gasteiger partial charge is 0.543 e. The maximum Gasteiger partial charge on any atom is 0.235 e. The Hall–Kier alpha value is -3.33. The van der Waals surface area contributed by atoms with Gasteiger partial charge in [-0.2, -0.15) is 0 Å². The Labute approximate surface area is 234 Å². The highest BCUT2D eigenvalue weighted by Crippen LogP contribution is 2.48. The summed E-state index contributed by atoms with van der Waals surface area (Å²) in [7, 11) is 0. The first-order valence-corrected chi connectivity index (χ1v) is 14.6. The zero-order chi connectivity index (χ0) is 28.0. The van der Waals surface area contributed by atoms with E-state index in [1.165, 1.54) is 67.2 Å². The number of piperazine rings is 3. The minimum atomic E-state index is -1.41. The van der Waals surface area contributed by atoms with Gasteiger partial charge in [0, 0.05) is 16.7 Å². The third-order valence-electron chi connectivity index (χ3n) is 10.5. The first kappa shape index (κ1) is 25.6. The molecule has 8 rings (SSSR count). The number of aliphatic hydroxyl groups excluding tert-OH is 1. The number of fused-ring (bicyclic) bond motifs is 7. The number of nitrogens with zero attached hydrogens (tertiary/aromatic N) is 3. The van der Waals surface area contributed by atoms with Crippen molar-refractivity contribution in [3.63, 3.8) is 0 Å². The van der Waals surface area contributed by atoms with Gasteiger partial charge in [0.05, 0.1) is 36.3 Å². The molecule has 1 N–H and O–H groups in total. The molecule has 8 nitrogen and oxygen atoms in total. The molecule has 2 aromatic rings. The summed E-state index contributed by atoms with van der Waals surface area (Å²) in [5, 5.41) is 22.1. The number of hydrogen-bond donors (Lipinski definition) is 1. The summed E-state index contributed by atoms with van der Waals surface area (Å²) < 4.78 is 2.42. The third-order valence-corrected chi connectivity index (χ3v) is 10.5. The second-order valence-corrected chi connectivity index (χ2v) is 12.7. The van der Waals surface area contributed by atoms with Crippen molar-refractivity contribution in [3.05, 3.63) is 64.3 Å². The molecule has 2 bridgehead atoms. The van der Waals surface area contributed by atoms with Crippen LogP contribution in [0.5, 0.6) is 0 Å². The number of β-lactam (4-membered cyclic amide) rings is 1. The van der Waals surface area contributed by atoms with Crippen LogP contribution in [0.4, 0.5) is 0 Å². The molecule has 4 saturated heterocycles. The van der Waals surface area contributed by atoms with Crippen LogP contribution in [0.25, 0.3) is 16.7 Å². The predicted molar refractivity (Wildman–Crippen MR) is 146 cm³/mol. The third kappa shape index (κ3) is 3.59. The Morgan fingerprint density at radius 1 is 0.975 bits per heavy atom. The monoisotopic (exact) mass is 542 g/mol. The van der Waals surface area contributed by atoms with E-state index in [9.17, 15) is 24.6 Å². The molecule has 2 aromatic carbocycles. The molecule has 6 aliphatic rings. The summed E-state index contributed by atoms with van der Waals surface area (Å²) in [5.41, 5.74) is 5.27. The summed E-state index contributed by atoms with van der Waals surface area (Å²) in [6.45, 7) is 13.5. The lowest BCUT2D eigenvalue weighted by molar-refractivity contribution is -1.09. The summed E-state index contributed by atoms with van der Waals surface area (Å²) in [5.74, 6) is -2.49. The molecule has 3 atom stereocenters. The minimum absolute atomic E-state index is 0.0576. The molecule has 40 heavy (non-hydrogen) atoms. The van der Waals surface area contributed by atoms with Gasteiger partial charge in [-0.1, -0.05) is 25.1 Å². The Bertz CT molecular complexity index is 1480. The quantitative estimate of drug-likeness (QED) is 0.361. The van der Waals surface area contributed by atoms with Gasteiger partial charge in [-0.3, -0.25) is 9.59 Å². The fraction of sp³-hybridized carbons (Fsp3) is 0.469. The van der Waals surface area contributed by atoms with Gasteiger partial charge in [-0.25, -0.2) is 0 Å². The number of aliphatic carboxylic acids is 1. The van der Waals surface area contributed by atoms with E-state index >= 15 is 0 Å². The number of carboxylic acids is 1. The lowest BCUT2D eigenvalue weighted by Crippen LogP contribution is -2.74. The van der Waals surface area contributed by atoms with Crippen LogP contribution in [0.15, 0.2) is 42.1 Å². The smallest absolute Gasteiger partial charge is 0.235 e. The second kappa shape index (κ2) is 8.83. The lowest BCUT2D eigenvalue weighted by Gasteiger charge is -2.55. The molecule has 4 fully saturated rings. The summed E-state index contributed by atoms with van der Waals surface area (Å²) in [6, 6.07) is 11.4. The van der Waals surface area contributed by atoms with Crippen LogP contribution < -0.4 is 5.11 Å². The van der Waals surface area contributed by atoms with E-state index in [1.807, 2.05) is 18.2 Å². The van der Waals surface area contributed by atoms with Crippen molar-refractivity contribution in [2.75, 3.05) is 45.8 Å². The normalized spacial score (nSPS) is 30.7. The molecule has 1 aliphatic carbocycles. The maximum absolute atomic E-state index is 13.5. The molecule has 208 valence electrons. The number of carbonyl (C=O) groups excluding carboxylic acids is 3. The van der Waals surface area contributed by atoms with Crippen molar-refractivity contribution < 1.29 is 33.6 Å². The molecule has 0 spiro atoms. The molecule has 8 heteroatoms. The van der Waals surface area contributed by atoms with Crippen molar-refractivity contribution in [1.82, 2.24) is 4.90 Å². The van der Waals surface area contributed by atoms with Gasteiger partial charge in [0.1, 0.15) is 45.8 Å². The van der Waals surface area contributed by atoms with E-state index in [-0.39, 0.29) is 11.5 Å². The van der Waals surface area contributed by atoms with Crippen molar-refractivity contribution in [2.24, 2.45) is 5.92 Å². The minimum Gasteiger partial charge on any atom is -0.543 e. The SMILES string of the molecule is CCC[N+]12CC[N+](Cc3ccc4c(c3)-c3ccc(C5=C(C(=O)[O-])N6C(=O)[C@H]([C@@H](C)O)[C@H]6C5)cc3C4=O)(CC1)CC2. The molecular formula is C32H36N3O5+. The average Bonchev–Trinajstić information content (AvgIpc) is 3.42. The van der Waals surface area contributed by atoms with Crippen molar-refractivity contribution >= 4 is 23.2 Å². The summed E-state index contributed by atoms with van der Waals surface area (Å²) in [4.78, 5) is 39.4. The molecule has 0 saturated carbocycles. The standard InChI is InChI=1S/C32H36N3O5/c1-3-8-34-9-12-35(13-10-34,14-11-34)18-20-4-6-23-25(15-20)22-7-5-21(16-26(22)30(23)37)24-17-27-28(19(2)36)31(38)33(27)29(24)32(39)40/h4-7,15-16,19,27-28,36H,3,8-14,17-18H2,1-2H3/q+1/t19-,27-,28-,34?,35?/m1/s1. The van der Waals surface area contributed by atoms with Gasteiger partial charge in [-0.15, -0.1) is 0 Å². The fourth-order valence-corrected chi connectivity index (χ4v) is 8.30.